The van der Waals surface area contributed by atoms with Gasteiger partial charge in [0, 0.05) is 36.3 Å². The maximum atomic E-state index is 12.2. The monoisotopic (exact) mass is 516 g/mol. The first-order chi connectivity index (χ1) is 12.0. The number of sulfonamides is 1. The molecule has 1 aliphatic rings. The number of guanidine groups is 1. The highest BCUT2D eigenvalue weighted by Gasteiger charge is 2.23. The van der Waals surface area contributed by atoms with E-state index in [2.05, 4.69) is 10.3 Å². The molecule has 1 aliphatic heterocycles. The van der Waals surface area contributed by atoms with Crippen LogP contribution in [0.3, 0.4) is 0 Å². The van der Waals surface area contributed by atoms with E-state index in [0.717, 1.165) is 11.5 Å². The highest BCUT2D eigenvalue weighted by atomic mass is 127. The number of hydrogen-bond acceptors (Lipinski definition) is 6. The first-order valence-electron chi connectivity index (χ1n) is 7.81. The standard InChI is InChI=1S/C15H24N4O4S2.HI/c1-22-13-4-3-12(11-14(13)23-2)18-15(16)17-5-10-25(20,21)19-6-8-24-9-7-19;/h3-4,11H,5-10H2,1-2H3,(H3,16,17,18);1H. The number of nitrogens with one attached hydrogen (secondary N) is 1. The van der Waals surface area contributed by atoms with Gasteiger partial charge in [-0.1, -0.05) is 0 Å². The van der Waals surface area contributed by atoms with Crippen molar-refractivity contribution in [3.05, 3.63) is 18.2 Å². The van der Waals surface area contributed by atoms with Crippen molar-refractivity contribution >= 4 is 57.4 Å². The molecule has 1 aromatic rings. The summed E-state index contributed by atoms with van der Waals surface area (Å²) in [6.45, 7) is 1.24. The number of benzene rings is 1. The Bertz CT molecular complexity index is 710. The second-order valence-corrected chi connectivity index (χ2v) is 8.60. The van der Waals surface area contributed by atoms with Gasteiger partial charge in [-0.25, -0.2) is 12.7 Å². The Hall–Kier alpha value is -0.920. The fourth-order valence-corrected chi connectivity index (χ4v) is 4.79. The lowest BCUT2D eigenvalue weighted by Gasteiger charge is -2.25. The molecular weight excluding hydrogens is 491 g/mol. The van der Waals surface area contributed by atoms with Gasteiger partial charge in [0.25, 0.3) is 0 Å². The van der Waals surface area contributed by atoms with Crippen LogP contribution < -0.4 is 20.5 Å². The number of rotatable bonds is 7. The van der Waals surface area contributed by atoms with E-state index >= 15 is 0 Å². The van der Waals surface area contributed by atoms with E-state index < -0.39 is 10.0 Å². The number of nitrogens with two attached hydrogens (primary N) is 1. The highest BCUT2D eigenvalue weighted by molar-refractivity contribution is 14.0. The summed E-state index contributed by atoms with van der Waals surface area (Å²) in [7, 11) is -0.176. The molecule has 0 bridgehead atoms. The van der Waals surface area contributed by atoms with E-state index in [0.29, 0.717) is 30.3 Å². The molecule has 0 atom stereocenters. The zero-order chi connectivity index (χ0) is 18.3. The molecule has 0 amide bonds. The predicted molar refractivity (Wildman–Crippen MR) is 118 cm³/mol. The smallest absolute Gasteiger partial charge is 0.215 e. The molecule has 0 spiro atoms. The third-order valence-electron chi connectivity index (χ3n) is 3.65. The average molecular weight is 516 g/mol. The van der Waals surface area contributed by atoms with Gasteiger partial charge in [0.15, 0.2) is 17.5 Å². The van der Waals surface area contributed by atoms with Crippen molar-refractivity contribution in [2.45, 2.75) is 0 Å². The summed E-state index contributed by atoms with van der Waals surface area (Å²) in [6.07, 6.45) is 0. The number of ether oxygens (including phenoxy) is 2. The van der Waals surface area contributed by atoms with Gasteiger partial charge in [0.05, 0.1) is 26.5 Å². The molecule has 0 aliphatic carbocycles. The number of methoxy groups -OCH3 is 2. The summed E-state index contributed by atoms with van der Waals surface area (Å²) >= 11 is 1.77. The molecule has 8 nitrogen and oxygen atoms in total. The van der Waals surface area contributed by atoms with Crippen LogP contribution >= 0.6 is 35.7 Å². The van der Waals surface area contributed by atoms with Gasteiger partial charge in [-0.2, -0.15) is 11.8 Å². The minimum Gasteiger partial charge on any atom is -0.493 e. The van der Waals surface area contributed by atoms with Crippen LogP contribution in [0.15, 0.2) is 23.2 Å². The molecule has 1 aromatic carbocycles. The summed E-state index contributed by atoms with van der Waals surface area (Å²) in [4.78, 5) is 4.10. The van der Waals surface area contributed by atoms with Gasteiger partial charge in [0.1, 0.15) is 0 Å². The highest BCUT2D eigenvalue weighted by Crippen LogP contribution is 2.29. The fraction of sp³-hybridized carbons (Fsp3) is 0.533. The number of thioether (sulfide) groups is 1. The van der Waals surface area contributed by atoms with Gasteiger partial charge in [-0.05, 0) is 12.1 Å². The summed E-state index contributed by atoms with van der Waals surface area (Å²) in [5.41, 5.74) is 6.51. The maximum Gasteiger partial charge on any atom is 0.215 e. The Morgan fingerprint density at radius 3 is 2.54 bits per heavy atom. The fourth-order valence-electron chi connectivity index (χ4n) is 2.34. The van der Waals surface area contributed by atoms with Crippen molar-refractivity contribution in [2.75, 3.05) is 56.4 Å². The van der Waals surface area contributed by atoms with Gasteiger partial charge in [-0.15, -0.1) is 24.0 Å². The average Bonchev–Trinajstić information content (AvgIpc) is 2.62. The predicted octanol–water partition coefficient (Wildman–Crippen LogP) is 1.43. The Morgan fingerprint density at radius 2 is 1.92 bits per heavy atom. The lowest BCUT2D eigenvalue weighted by Crippen LogP contribution is -2.40. The molecule has 11 heteroatoms. The molecule has 1 fully saturated rings. The number of halogens is 1. The van der Waals surface area contributed by atoms with Crippen molar-refractivity contribution in [1.82, 2.24) is 4.31 Å². The molecule has 0 radical (unpaired) electrons. The molecule has 1 heterocycles. The molecule has 148 valence electrons. The molecule has 3 N–H and O–H groups in total. The van der Waals surface area contributed by atoms with E-state index in [1.54, 1.807) is 44.2 Å². The zero-order valence-corrected chi connectivity index (χ0v) is 18.8. The van der Waals surface area contributed by atoms with Crippen LogP contribution in [-0.4, -0.2) is 69.8 Å². The van der Waals surface area contributed by atoms with Crippen molar-refractivity contribution in [1.29, 1.82) is 0 Å². The van der Waals surface area contributed by atoms with Gasteiger partial charge < -0.3 is 20.5 Å². The molecule has 0 saturated carbocycles. The Morgan fingerprint density at radius 1 is 1.27 bits per heavy atom. The first kappa shape index (κ1) is 23.1. The van der Waals surface area contributed by atoms with Crippen LogP contribution in [0, 0.1) is 0 Å². The number of hydrogen-bond donors (Lipinski definition) is 2. The molecule has 1 saturated heterocycles. The Labute approximate surface area is 176 Å². The Balaban J connectivity index is 0.00000338. The summed E-state index contributed by atoms with van der Waals surface area (Å²) in [5, 5.41) is 2.91. The second-order valence-electron chi connectivity index (χ2n) is 5.29. The van der Waals surface area contributed by atoms with Crippen LogP contribution in [0.1, 0.15) is 0 Å². The minimum atomic E-state index is -3.28. The van der Waals surface area contributed by atoms with Crippen LogP contribution in [0.4, 0.5) is 5.69 Å². The van der Waals surface area contributed by atoms with Crippen LogP contribution in [-0.2, 0) is 10.0 Å². The largest absolute Gasteiger partial charge is 0.493 e. The lowest BCUT2D eigenvalue weighted by molar-refractivity contribution is 0.355. The molecule has 2 rings (SSSR count). The van der Waals surface area contributed by atoms with Crippen molar-refractivity contribution in [2.24, 2.45) is 10.7 Å². The van der Waals surface area contributed by atoms with Crippen LogP contribution in [0.25, 0.3) is 0 Å². The SMILES string of the molecule is COc1ccc(NC(N)=NCCS(=O)(=O)N2CCSCC2)cc1OC.I. The molecule has 0 aromatic heterocycles. The summed E-state index contributed by atoms with van der Waals surface area (Å²) < 4.78 is 36.4. The van der Waals surface area contributed by atoms with Crippen molar-refractivity contribution in [3.8, 4) is 11.5 Å². The first-order valence-corrected chi connectivity index (χ1v) is 10.6. The minimum absolute atomic E-state index is 0. The number of nitrogens with zero attached hydrogens (tertiary/aromatic N) is 2. The Kier molecular flexibility index (Phi) is 9.82. The third kappa shape index (κ3) is 6.67. The van der Waals surface area contributed by atoms with E-state index in [-0.39, 0.29) is 42.2 Å². The van der Waals surface area contributed by atoms with E-state index in [1.807, 2.05) is 0 Å². The topological polar surface area (TPSA) is 106 Å². The third-order valence-corrected chi connectivity index (χ3v) is 6.44. The normalized spacial score (nSPS) is 15.8. The van der Waals surface area contributed by atoms with Gasteiger partial charge in [0.2, 0.25) is 10.0 Å². The van der Waals surface area contributed by atoms with Crippen molar-refractivity contribution in [3.63, 3.8) is 0 Å². The molecule has 26 heavy (non-hydrogen) atoms. The van der Waals surface area contributed by atoms with Crippen molar-refractivity contribution < 1.29 is 17.9 Å². The van der Waals surface area contributed by atoms with E-state index in [1.165, 1.54) is 4.31 Å². The van der Waals surface area contributed by atoms with Crippen LogP contribution in [0.2, 0.25) is 0 Å². The summed E-state index contributed by atoms with van der Waals surface area (Å²) in [6, 6.07) is 5.24. The zero-order valence-electron chi connectivity index (χ0n) is 14.8. The second kappa shape index (κ2) is 11.0. The van der Waals surface area contributed by atoms with E-state index in [9.17, 15) is 8.42 Å². The van der Waals surface area contributed by atoms with E-state index in [4.69, 9.17) is 15.2 Å². The number of aliphatic imine (C=N–C) groups is 1. The summed E-state index contributed by atoms with van der Waals surface area (Å²) in [5.74, 6) is 2.94. The van der Waals surface area contributed by atoms with Gasteiger partial charge >= 0.3 is 0 Å². The molecular formula is C15H25IN4O4S2. The number of anilines is 1. The quantitative estimate of drug-likeness (QED) is 0.321. The van der Waals surface area contributed by atoms with Gasteiger partial charge in [-0.3, -0.25) is 4.99 Å². The van der Waals surface area contributed by atoms with Crippen LogP contribution in [0.5, 0.6) is 11.5 Å². The maximum absolute atomic E-state index is 12.2. The molecule has 0 unspecified atom stereocenters. The lowest BCUT2D eigenvalue weighted by atomic mass is 10.3.